The molecule has 3 aromatic rings. The number of piperazine rings is 1. The molecule has 0 spiro atoms. The van der Waals surface area contributed by atoms with Gasteiger partial charge in [-0.3, -0.25) is 9.59 Å². The van der Waals surface area contributed by atoms with E-state index in [9.17, 15) is 9.59 Å². The van der Waals surface area contributed by atoms with Crippen molar-refractivity contribution >= 4 is 52.2 Å². The SMILES string of the molecule is CC(=O)N1C[C@H]2CC(c3ccc(CCCOc4ccccc4Cl)cc3)=C(C(=O)N(Cc3cccc(Cl)c3Cl)C3CC3)[C@@H](C1)N2. The first-order valence-corrected chi connectivity index (χ1v) is 16.4. The van der Waals surface area contributed by atoms with Gasteiger partial charge in [-0.1, -0.05) is 83.3 Å². The van der Waals surface area contributed by atoms with Crippen LogP contribution in [-0.4, -0.2) is 59.4 Å². The molecule has 1 N–H and O–H groups in total. The number of hydrogen-bond acceptors (Lipinski definition) is 4. The second-order valence-electron chi connectivity index (χ2n) is 11.9. The number of aryl methyl sites for hydroxylation is 1. The molecule has 2 bridgehead atoms. The van der Waals surface area contributed by atoms with Gasteiger partial charge in [0.05, 0.1) is 27.7 Å². The molecule has 3 aromatic carbocycles. The number of halogens is 3. The summed E-state index contributed by atoms with van der Waals surface area (Å²) in [6.45, 7) is 3.66. The van der Waals surface area contributed by atoms with E-state index in [0.29, 0.717) is 53.5 Å². The van der Waals surface area contributed by atoms with Crippen molar-refractivity contribution in [1.82, 2.24) is 15.1 Å². The molecule has 0 aromatic heterocycles. The second-order valence-corrected chi connectivity index (χ2v) is 13.1. The summed E-state index contributed by atoms with van der Waals surface area (Å²) in [6.07, 6.45) is 4.31. The maximum absolute atomic E-state index is 14.5. The Morgan fingerprint density at radius 2 is 1.70 bits per heavy atom. The van der Waals surface area contributed by atoms with Crippen LogP contribution in [0.4, 0.5) is 0 Å². The number of amides is 2. The summed E-state index contributed by atoms with van der Waals surface area (Å²) in [5.74, 6) is 0.733. The molecule has 1 saturated heterocycles. The van der Waals surface area contributed by atoms with Gasteiger partial charge < -0.3 is 19.9 Å². The van der Waals surface area contributed by atoms with Gasteiger partial charge in [-0.15, -0.1) is 0 Å². The van der Waals surface area contributed by atoms with Crippen LogP contribution in [0.15, 0.2) is 72.3 Å². The number of benzene rings is 3. The summed E-state index contributed by atoms with van der Waals surface area (Å²) in [5.41, 5.74) is 4.90. The third kappa shape index (κ3) is 6.94. The number of nitrogens with one attached hydrogen (secondary N) is 1. The Kier molecular flexibility index (Phi) is 9.53. The molecule has 0 radical (unpaired) electrons. The maximum atomic E-state index is 14.5. The predicted molar refractivity (Wildman–Crippen MR) is 176 cm³/mol. The molecule has 0 unspecified atom stereocenters. The Hall–Kier alpha value is -3.03. The van der Waals surface area contributed by atoms with E-state index in [1.54, 1.807) is 13.0 Å². The predicted octanol–water partition coefficient (Wildman–Crippen LogP) is 7.20. The highest BCUT2D eigenvalue weighted by molar-refractivity contribution is 6.42. The van der Waals surface area contributed by atoms with Crippen LogP contribution in [0.5, 0.6) is 5.75 Å². The monoisotopic (exact) mass is 651 g/mol. The topological polar surface area (TPSA) is 61.9 Å². The molecule has 2 heterocycles. The number of nitrogens with zero attached hydrogens (tertiary/aromatic N) is 2. The average molecular weight is 653 g/mol. The number of para-hydroxylation sites is 1. The van der Waals surface area contributed by atoms with Crippen molar-refractivity contribution in [3.8, 4) is 5.75 Å². The quantitative estimate of drug-likeness (QED) is 0.236. The van der Waals surface area contributed by atoms with Crippen molar-refractivity contribution in [3.05, 3.63) is 104 Å². The van der Waals surface area contributed by atoms with Gasteiger partial charge in [-0.05, 0) is 72.6 Å². The zero-order valence-corrected chi connectivity index (χ0v) is 27.0. The fraction of sp³-hybridized carbons (Fsp3) is 0.371. The van der Waals surface area contributed by atoms with E-state index in [1.807, 2.05) is 46.2 Å². The fourth-order valence-corrected chi connectivity index (χ4v) is 6.85. The lowest BCUT2D eigenvalue weighted by molar-refractivity contribution is -0.132. The van der Waals surface area contributed by atoms with Gasteiger partial charge in [0.15, 0.2) is 0 Å². The molecular formula is C35H36Cl3N3O3. The van der Waals surface area contributed by atoms with E-state index in [4.69, 9.17) is 39.5 Å². The van der Waals surface area contributed by atoms with Crippen LogP contribution in [0.25, 0.3) is 5.57 Å². The number of fused-ring (bicyclic) bond motifs is 2. The molecule has 2 amide bonds. The molecule has 1 aliphatic carbocycles. The van der Waals surface area contributed by atoms with E-state index >= 15 is 0 Å². The normalized spacial score (nSPS) is 19.6. The fourth-order valence-electron chi connectivity index (χ4n) is 6.28. The van der Waals surface area contributed by atoms with Crippen LogP contribution in [0.2, 0.25) is 15.1 Å². The number of carbonyl (C=O) groups excluding carboxylic acids is 2. The van der Waals surface area contributed by atoms with Crippen LogP contribution < -0.4 is 10.1 Å². The largest absolute Gasteiger partial charge is 0.492 e. The molecule has 9 heteroatoms. The Morgan fingerprint density at radius 3 is 2.43 bits per heavy atom. The molecule has 6 rings (SSSR count). The first-order valence-electron chi connectivity index (χ1n) is 15.2. The number of ether oxygens (including phenoxy) is 1. The molecule has 2 fully saturated rings. The second kappa shape index (κ2) is 13.5. The van der Waals surface area contributed by atoms with E-state index in [1.165, 1.54) is 5.56 Å². The summed E-state index contributed by atoms with van der Waals surface area (Å²) >= 11 is 19.1. The number of rotatable bonds is 10. The minimum Gasteiger partial charge on any atom is -0.492 e. The Labute approximate surface area is 273 Å². The summed E-state index contributed by atoms with van der Waals surface area (Å²) in [7, 11) is 0. The number of hydrogen-bond donors (Lipinski definition) is 1. The molecule has 230 valence electrons. The smallest absolute Gasteiger partial charge is 0.252 e. The molecule has 1 saturated carbocycles. The lowest BCUT2D eigenvalue weighted by Gasteiger charge is -2.44. The average Bonchev–Trinajstić information content (AvgIpc) is 3.86. The third-order valence-electron chi connectivity index (χ3n) is 8.71. The van der Waals surface area contributed by atoms with Gasteiger partial charge in [-0.25, -0.2) is 0 Å². The van der Waals surface area contributed by atoms with Crippen molar-refractivity contribution in [2.45, 2.75) is 63.7 Å². The van der Waals surface area contributed by atoms with Crippen LogP contribution in [0, 0.1) is 0 Å². The summed E-state index contributed by atoms with van der Waals surface area (Å²) in [5, 5.41) is 5.24. The Morgan fingerprint density at radius 1 is 0.955 bits per heavy atom. The zero-order valence-electron chi connectivity index (χ0n) is 24.7. The molecule has 2 aliphatic heterocycles. The number of carbonyl (C=O) groups is 2. The minimum atomic E-state index is -0.244. The lowest BCUT2D eigenvalue weighted by Crippen LogP contribution is -2.61. The van der Waals surface area contributed by atoms with E-state index < -0.39 is 0 Å². The Bertz CT molecular complexity index is 1570. The van der Waals surface area contributed by atoms with Crippen molar-refractivity contribution in [2.24, 2.45) is 0 Å². The van der Waals surface area contributed by atoms with Crippen molar-refractivity contribution < 1.29 is 14.3 Å². The highest BCUT2D eigenvalue weighted by Gasteiger charge is 2.43. The molecule has 2 atom stereocenters. The first kappa shape index (κ1) is 31.0. The molecule has 44 heavy (non-hydrogen) atoms. The van der Waals surface area contributed by atoms with Crippen LogP contribution in [-0.2, 0) is 22.6 Å². The van der Waals surface area contributed by atoms with Gasteiger partial charge in [0.2, 0.25) is 5.91 Å². The first-order chi connectivity index (χ1) is 21.3. The van der Waals surface area contributed by atoms with E-state index in [-0.39, 0.29) is 29.9 Å². The standard InChI is InChI=1S/C35H36Cl3N3O3/c1-22(42)40-20-26-18-28(24-13-11-23(12-14-24)6-5-17-44-32-10-3-2-8-29(32)36)33(31(21-40)39-26)35(43)41(27-15-16-27)19-25-7-4-9-30(37)34(25)38/h2-4,7-14,26-27,31,39H,5-6,15-21H2,1H3/t26-,31-/m1/s1. The summed E-state index contributed by atoms with van der Waals surface area (Å²) < 4.78 is 5.86. The highest BCUT2D eigenvalue weighted by atomic mass is 35.5. The maximum Gasteiger partial charge on any atom is 0.252 e. The summed E-state index contributed by atoms with van der Waals surface area (Å²) in [6, 6.07) is 21.6. The van der Waals surface area contributed by atoms with Gasteiger partial charge in [0, 0.05) is 44.2 Å². The molecular weight excluding hydrogens is 617 g/mol. The zero-order chi connectivity index (χ0) is 30.8. The van der Waals surface area contributed by atoms with Crippen LogP contribution in [0.1, 0.15) is 49.3 Å². The van der Waals surface area contributed by atoms with Crippen molar-refractivity contribution in [2.75, 3.05) is 19.7 Å². The molecule has 3 aliphatic rings. The van der Waals surface area contributed by atoms with Crippen LogP contribution in [0.3, 0.4) is 0 Å². The van der Waals surface area contributed by atoms with Gasteiger partial charge in [-0.2, -0.15) is 0 Å². The van der Waals surface area contributed by atoms with Crippen LogP contribution >= 0.6 is 34.8 Å². The van der Waals surface area contributed by atoms with E-state index in [0.717, 1.165) is 48.0 Å². The Balaban J connectivity index is 1.25. The molecule has 6 nitrogen and oxygen atoms in total. The van der Waals surface area contributed by atoms with Crippen molar-refractivity contribution in [1.29, 1.82) is 0 Å². The van der Waals surface area contributed by atoms with Gasteiger partial charge in [0.1, 0.15) is 5.75 Å². The van der Waals surface area contributed by atoms with E-state index in [2.05, 4.69) is 29.6 Å². The lowest BCUT2D eigenvalue weighted by atomic mass is 9.82. The van der Waals surface area contributed by atoms with Crippen molar-refractivity contribution in [3.63, 3.8) is 0 Å². The highest BCUT2D eigenvalue weighted by Crippen LogP contribution is 2.38. The summed E-state index contributed by atoms with van der Waals surface area (Å²) in [4.78, 5) is 30.8. The van der Waals surface area contributed by atoms with Gasteiger partial charge in [0.25, 0.3) is 5.91 Å². The minimum absolute atomic E-state index is 0.000641. The third-order valence-corrected chi connectivity index (χ3v) is 9.88. The van der Waals surface area contributed by atoms with Gasteiger partial charge >= 0.3 is 0 Å².